The van der Waals surface area contributed by atoms with Crippen molar-refractivity contribution in [3.8, 4) is 0 Å². The summed E-state index contributed by atoms with van der Waals surface area (Å²) in [4.78, 5) is 28.2. The van der Waals surface area contributed by atoms with E-state index in [4.69, 9.17) is 0 Å². The normalized spacial score (nSPS) is 16.9. The fraction of sp³-hybridized carbons (Fsp3) is 0.211. The van der Waals surface area contributed by atoms with Crippen LogP contribution in [-0.4, -0.2) is 23.8 Å². The van der Waals surface area contributed by atoms with Crippen LogP contribution in [0, 0.1) is 0 Å². The average molecular weight is 444 g/mol. The second-order valence-electron chi connectivity index (χ2n) is 6.52. The quantitative estimate of drug-likeness (QED) is 0.626. The van der Waals surface area contributed by atoms with Gasteiger partial charge in [0.2, 0.25) is 17.8 Å². The third-order valence-electron chi connectivity index (χ3n) is 4.13. The van der Waals surface area contributed by atoms with Gasteiger partial charge in [0.15, 0.2) is 0 Å². The number of amides is 2. The lowest BCUT2D eigenvalue weighted by Crippen LogP contribution is -2.45. The number of hydrogen-bond donors (Lipinski definition) is 3. The molecule has 2 aromatic rings. The van der Waals surface area contributed by atoms with Crippen molar-refractivity contribution in [2.45, 2.75) is 24.8 Å². The number of hydrogen-bond acceptors (Lipinski definition) is 4. The summed E-state index contributed by atoms with van der Waals surface area (Å²) in [5, 5.41) is 7.04. The summed E-state index contributed by atoms with van der Waals surface area (Å²) in [5.41, 5.74) is -2.08. The number of carbonyl (C=O) groups is 2. The molecule has 0 aromatic heterocycles. The van der Waals surface area contributed by atoms with Crippen molar-refractivity contribution in [1.29, 1.82) is 0 Å². The lowest BCUT2D eigenvalue weighted by Gasteiger charge is -2.21. The Morgan fingerprint density at radius 3 is 2.06 bits per heavy atom. The number of guanidine groups is 1. The van der Waals surface area contributed by atoms with E-state index in [0.717, 1.165) is 36.4 Å². The van der Waals surface area contributed by atoms with Gasteiger partial charge in [0.05, 0.1) is 17.5 Å². The number of aliphatic imine (C=N–C) groups is 1. The van der Waals surface area contributed by atoms with Crippen LogP contribution in [0.2, 0.25) is 0 Å². The molecule has 31 heavy (non-hydrogen) atoms. The molecule has 0 saturated carbocycles. The Balaban J connectivity index is 1.76. The first-order valence-electron chi connectivity index (χ1n) is 8.72. The highest BCUT2D eigenvalue weighted by atomic mass is 19.4. The van der Waals surface area contributed by atoms with Crippen LogP contribution in [0.15, 0.2) is 53.5 Å². The molecule has 0 aliphatic carbocycles. The van der Waals surface area contributed by atoms with Gasteiger partial charge in [0.25, 0.3) is 0 Å². The Bertz CT molecular complexity index is 1030. The van der Waals surface area contributed by atoms with E-state index >= 15 is 0 Å². The first-order chi connectivity index (χ1) is 14.4. The maximum absolute atomic E-state index is 12.8. The van der Waals surface area contributed by atoms with E-state index in [1.54, 1.807) is 0 Å². The molecule has 0 unspecified atom stereocenters. The molecular formula is C19H14F6N4O2. The van der Waals surface area contributed by atoms with Crippen LogP contribution in [0.25, 0.3) is 0 Å². The molecule has 3 rings (SSSR count). The van der Waals surface area contributed by atoms with E-state index in [0.29, 0.717) is 0 Å². The molecule has 0 radical (unpaired) electrons. The van der Waals surface area contributed by atoms with Crippen LogP contribution >= 0.6 is 0 Å². The summed E-state index contributed by atoms with van der Waals surface area (Å²) >= 11 is 0. The summed E-state index contributed by atoms with van der Waals surface area (Å²) in [6.07, 6.45) is -9.58. The number of anilines is 2. The van der Waals surface area contributed by atoms with Gasteiger partial charge in [-0.3, -0.25) is 14.9 Å². The van der Waals surface area contributed by atoms with E-state index in [1.807, 2.05) is 0 Å². The fourth-order valence-electron chi connectivity index (χ4n) is 2.72. The van der Waals surface area contributed by atoms with Crippen LogP contribution in [-0.2, 0) is 21.9 Å². The van der Waals surface area contributed by atoms with Gasteiger partial charge in [0, 0.05) is 11.4 Å². The Kier molecular flexibility index (Phi) is 5.91. The van der Waals surface area contributed by atoms with E-state index in [-0.39, 0.29) is 17.3 Å². The SMILES string of the molecule is O=C1C[C@H](C(=O)Nc2cccc(C(F)(F)F)c2)N=C(Nc2cccc(C(F)(F)F)c2)N1. The molecule has 1 atom stereocenters. The van der Waals surface area contributed by atoms with Gasteiger partial charge in [-0.05, 0) is 36.4 Å². The summed E-state index contributed by atoms with van der Waals surface area (Å²) in [6.45, 7) is 0. The highest BCUT2D eigenvalue weighted by molar-refractivity contribution is 6.10. The summed E-state index contributed by atoms with van der Waals surface area (Å²) in [6, 6.07) is 6.71. The molecule has 0 spiro atoms. The fourth-order valence-corrected chi connectivity index (χ4v) is 2.72. The van der Waals surface area contributed by atoms with Crippen molar-refractivity contribution < 1.29 is 35.9 Å². The van der Waals surface area contributed by atoms with Gasteiger partial charge in [-0.1, -0.05) is 12.1 Å². The second kappa shape index (κ2) is 8.28. The van der Waals surface area contributed by atoms with E-state index < -0.39 is 47.8 Å². The number of nitrogens with one attached hydrogen (secondary N) is 3. The van der Waals surface area contributed by atoms with Crippen molar-refractivity contribution in [2.75, 3.05) is 10.6 Å². The van der Waals surface area contributed by atoms with E-state index in [2.05, 4.69) is 20.9 Å². The van der Waals surface area contributed by atoms with Crippen LogP contribution in [0.5, 0.6) is 0 Å². The minimum absolute atomic E-state index is 0.0344. The first kappa shape index (κ1) is 22.1. The van der Waals surface area contributed by atoms with Gasteiger partial charge < -0.3 is 10.6 Å². The highest BCUT2D eigenvalue weighted by Crippen LogP contribution is 2.31. The van der Waals surface area contributed by atoms with Crippen molar-refractivity contribution in [2.24, 2.45) is 4.99 Å². The molecule has 1 aliphatic rings. The lowest BCUT2D eigenvalue weighted by atomic mass is 10.1. The van der Waals surface area contributed by atoms with Crippen molar-refractivity contribution in [3.63, 3.8) is 0 Å². The minimum atomic E-state index is -4.61. The van der Waals surface area contributed by atoms with Crippen LogP contribution < -0.4 is 16.0 Å². The molecule has 0 bridgehead atoms. The maximum atomic E-state index is 12.8. The monoisotopic (exact) mass is 444 g/mol. The molecule has 0 fully saturated rings. The first-order valence-corrected chi connectivity index (χ1v) is 8.72. The van der Waals surface area contributed by atoms with Crippen LogP contribution in [0.4, 0.5) is 37.7 Å². The molecule has 6 nitrogen and oxygen atoms in total. The van der Waals surface area contributed by atoms with Crippen molar-refractivity contribution in [3.05, 3.63) is 59.7 Å². The number of benzene rings is 2. The van der Waals surface area contributed by atoms with E-state index in [1.165, 1.54) is 12.1 Å². The zero-order valence-electron chi connectivity index (χ0n) is 15.4. The predicted molar refractivity (Wildman–Crippen MR) is 99.1 cm³/mol. The van der Waals surface area contributed by atoms with Crippen LogP contribution in [0.3, 0.4) is 0 Å². The number of nitrogens with zero attached hydrogens (tertiary/aromatic N) is 1. The molecule has 0 saturated heterocycles. The minimum Gasteiger partial charge on any atom is -0.326 e. The van der Waals surface area contributed by atoms with Crippen LogP contribution in [0.1, 0.15) is 17.5 Å². The Labute approximate surface area is 171 Å². The number of alkyl halides is 6. The molecule has 1 aliphatic heterocycles. The van der Waals surface area contributed by atoms with E-state index in [9.17, 15) is 35.9 Å². The third kappa shape index (κ3) is 5.74. The summed E-state index contributed by atoms with van der Waals surface area (Å²) in [7, 11) is 0. The molecule has 2 aromatic carbocycles. The average Bonchev–Trinajstić information content (AvgIpc) is 2.66. The third-order valence-corrected chi connectivity index (χ3v) is 4.13. The maximum Gasteiger partial charge on any atom is 0.416 e. The molecule has 1 heterocycles. The molecular weight excluding hydrogens is 430 g/mol. The molecule has 12 heteroatoms. The predicted octanol–water partition coefficient (Wildman–Crippen LogP) is 4.02. The zero-order valence-corrected chi connectivity index (χ0v) is 15.4. The molecule has 3 N–H and O–H groups in total. The second-order valence-corrected chi connectivity index (χ2v) is 6.52. The van der Waals surface area contributed by atoms with Gasteiger partial charge in [-0.25, -0.2) is 4.99 Å². The van der Waals surface area contributed by atoms with Gasteiger partial charge in [0.1, 0.15) is 6.04 Å². The Morgan fingerprint density at radius 1 is 0.935 bits per heavy atom. The Morgan fingerprint density at radius 2 is 1.48 bits per heavy atom. The van der Waals surface area contributed by atoms with Crippen molar-refractivity contribution in [1.82, 2.24) is 5.32 Å². The topological polar surface area (TPSA) is 82.6 Å². The highest BCUT2D eigenvalue weighted by Gasteiger charge is 2.32. The van der Waals surface area contributed by atoms with Gasteiger partial charge in [-0.15, -0.1) is 0 Å². The standard InChI is InChI=1S/C19H14F6N4O2/c20-18(21,22)10-3-1-5-12(7-10)26-16(31)14-9-15(30)29-17(28-14)27-13-6-2-4-11(8-13)19(23,24)25/h1-8,14H,9H2,(H,26,31)(H2,27,28,29,30)/t14-/m1/s1. The largest absolute Gasteiger partial charge is 0.416 e. The summed E-state index contributed by atoms with van der Waals surface area (Å²) in [5.74, 6) is -1.76. The zero-order chi connectivity index (χ0) is 22.8. The number of rotatable bonds is 3. The number of halogens is 6. The lowest BCUT2D eigenvalue weighted by molar-refractivity contribution is -0.138. The smallest absolute Gasteiger partial charge is 0.326 e. The van der Waals surface area contributed by atoms with Gasteiger partial charge >= 0.3 is 12.4 Å². The van der Waals surface area contributed by atoms with Crippen molar-refractivity contribution >= 4 is 29.1 Å². The molecule has 2 amide bonds. The summed E-state index contributed by atoms with van der Waals surface area (Å²) < 4.78 is 76.9. The van der Waals surface area contributed by atoms with Gasteiger partial charge in [-0.2, -0.15) is 26.3 Å². The Hall–Kier alpha value is -3.57. The molecule has 164 valence electrons. The number of carbonyl (C=O) groups excluding carboxylic acids is 2.